The van der Waals surface area contributed by atoms with Crippen LogP contribution < -0.4 is 0 Å². The van der Waals surface area contributed by atoms with Crippen molar-refractivity contribution in [1.29, 1.82) is 0 Å². The molecule has 0 unspecified atom stereocenters. The van der Waals surface area contributed by atoms with Gasteiger partial charge in [-0.2, -0.15) is 8.42 Å². The lowest BCUT2D eigenvalue weighted by Gasteiger charge is -1.82. The van der Waals surface area contributed by atoms with E-state index < -0.39 is 15.1 Å². The van der Waals surface area contributed by atoms with Gasteiger partial charge in [-0.15, -0.1) is 0 Å². The van der Waals surface area contributed by atoms with E-state index in [0.29, 0.717) is 0 Å². The summed E-state index contributed by atoms with van der Waals surface area (Å²) >= 11 is 0. The molecule has 9 heavy (non-hydrogen) atoms. The maximum atomic E-state index is 10.1. The SMILES string of the molecule is O=S(=O)(O)c1ccon1. The highest BCUT2D eigenvalue weighted by Gasteiger charge is 2.11. The molecule has 0 fully saturated rings. The molecule has 1 aromatic heterocycles. The zero-order chi connectivity index (χ0) is 6.91. The number of rotatable bonds is 1. The summed E-state index contributed by atoms with van der Waals surface area (Å²) in [7, 11) is -4.16. The molecule has 0 aliphatic rings. The Balaban J connectivity index is 3.20. The van der Waals surface area contributed by atoms with E-state index >= 15 is 0 Å². The molecule has 0 atom stereocenters. The van der Waals surface area contributed by atoms with E-state index in [1.165, 1.54) is 0 Å². The molecule has 50 valence electrons. The van der Waals surface area contributed by atoms with Crippen LogP contribution in [0.3, 0.4) is 0 Å². The van der Waals surface area contributed by atoms with Gasteiger partial charge < -0.3 is 4.52 Å². The lowest BCUT2D eigenvalue weighted by atomic mass is 10.8. The van der Waals surface area contributed by atoms with Crippen LogP contribution in [0.2, 0.25) is 0 Å². The van der Waals surface area contributed by atoms with Crippen LogP contribution in [0, 0.1) is 0 Å². The van der Waals surface area contributed by atoms with Gasteiger partial charge in [0, 0.05) is 6.07 Å². The van der Waals surface area contributed by atoms with Gasteiger partial charge in [-0.25, -0.2) is 0 Å². The van der Waals surface area contributed by atoms with Crippen molar-refractivity contribution in [1.82, 2.24) is 5.16 Å². The highest BCUT2D eigenvalue weighted by molar-refractivity contribution is 7.85. The van der Waals surface area contributed by atoms with Crippen molar-refractivity contribution >= 4 is 10.1 Å². The molecule has 6 heteroatoms. The normalized spacial score (nSPS) is 11.7. The van der Waals surface area contributed by atoms with Crippen molar-refractivity contribution in [3.05, 3.63) is 12.3 Å². The first-order valence-corrected chi connectivity index (χ1v) is 3.42. The lowest BCUT2D eigenvalue weighted by molar-refractivity contribution is 0.392. The molecule has 1 aromatic rings. The second-order valence-corrected chi connectivity index (χ2v) is 2.68. The molecule has 0 aliphatic carbocycles. The molecule has 0 spiro atoms. The minimum Gasteiger partial charge on any atom is -0.363 e. The van der Waals surface area contributed by atoms with Gasteiger partial charge in [0.2, 0.25) is 5.03 Å². The van der Waals surface area contributed by atoms with Gasteiger partial charge in [-0.1, -0.05) is 5.16 Å². The predicted molar refractivity (Wildman–Crippen MR) is 26.3 cm³/mol. The zero-order valence-corrected chi connectivity index (χ0v) is 5.00. The van der Waals surface area contributed by atoms with Crippen LogP contribution >= 0.6 is 0 Å². The summed E-state index contributed by atoms with van der Waals surface area (Å²) in [5.41, 5.74) is 0. The minimum atomic E-state index is -4.16. The third kappa shape index (κ3) is 1.27. The number of nitrogens with zero attached hydrogens (tertiary/aromatic N) is 1. The van der Waals surface area contributed by atoms with E-state index in [9.17, 15) is 8.42 Å². The van der Waals surface area contributed by atoms with Crippen molar-refractivity contribution in [2.24, 2.45) is 0 Å². The average Bonchev–Trinajstić information content (AvgIpc) is 2.08. The Labute approximate surface area is 51.0 Å². The van der Waals surface area contributed by atoms with E-state index in [4.69, 9.17) is 4.55 Å². The Kier molecular flexibility index (Phi) is 1.26. The maximum Gasteiger partial charge on any atom is 0.315 e. The van der Waals surface area contributed by atoms with E-state index in [-0.39, 0.29) is 0 Å². The first-order valence-electron chi connectivity index (χ1n) is 1.98. The molecule has 0 amide bonds. The Hall–Kier alpha value is -0.880. The maximum absolute atomic E-state index is 10.1. The van der Waals surface area contributed by atoms with Crippen molar-refractivity contribution in [2.75, 3.05) is 0 Å². The highest BCUT2D eigenvalue weighted by atomic mass is 32.2. The molecular formula is C3H3NO4S. The summed E-state index contributed by atoms with van der Waals surface area (Å²) in [6, 6.07) is 1.05. The zero-order valence-electron chi connectivity index (χ0n) is 4.18. The van der Waals surface area contributed by atoms with Gasteiger partial charge in [0.05, 0.1) is 0 Å². The first-order chi connectivity index (χ1) is 4.11. The summed E-state index contributed by atoms with van der Waals surface area (Å²) in [5, 5.41) is 2.50. The standard InChI is InChI=1S/C3H3NO4S/c5-9(6,7)3-1-2-8-4-3/h1-2H,(H,5,6,7). The van der Waals surface area contributed by atoms with E-state index in [1.54, 1.807) is 0 Å². The molecular weight excluding hydrogens is 146 g/mol. The Morgan fingerprint density at radius 1 is 1.67 bits per heavy atom. The smallest absolute Gasteiger partial charge is 0.315 e. The van der Waals surface area contributed by atoms with Gasteiger partial charge in [0.15, 0.2) is 0 Å². The average molecular weight is 149 g/mol. The third-order valence-electron chi connectivity index (χ3n) is 0.678. The molecule has 0 aromatic carbocycles. The molecule has 0 saturated heterocycles. The molecule has 0 aliphatic heterocycles. The van der Waals surface area contributed by atoms with Gasteiger partial charge >= 0.3 is 10.1 Å². The van der Waals surface area contributed by atoms with Crippen LogP contribution in [0.25, 0.3) is 0 Å². The van der Waals surface area contributed by atoms with Gasteiger partial charge in [-0.3, -0.25) is 4.55 Å². The van der Waals surface area contributed by atoms with E-state index in [2.05, 4.69) is 9.68 Å². The Morgan fingerprint density at radius 2 is 2.33 bits per heavy atom. The van der Waals surface area contributed by atoms with Crippen molar-refractivity contribution in [3.8, 4) is 0 Å². The van der Waals surface area contributed by atoms with Crippen LogP contribution in [0.4, 0.5) is 0 Å². The van der Waals surface area contributed by atoms with Crippen LogP contribution in [0.1, 0.15) is 0 Å². The number of aromatic nitrogens is 1. The molecule has 0 saturated carbocycles. The van der Waals surface area contributed by atoms with Crippen LogP contribution in [-0.2, 0) is 10.1 Å². The number of hydrogen-bond donors (Lipinski definition) is 1. The molecule has 1 heterocycles. The molecule has 0 radical (unpaired) electrons. The fourth-order valence-corrected chi connectivity index (χ4v) is 0.699. The summed E-state index contributed by atoms with van der Waals surface area (Å²) in [6.07, 6.45) is 1.06. The molecule has 1 rings (SSSR count). The van der Waals surface area contributed by atoms with Crippen LogP contribution in [0.5, 0.6) is 0 Å². The monoisotopic (exact) mass is 149 g/mol. The minimum absolute atomic E-state index is 0.470. The fraction of sp³-hybridized carbons (Fsp3) is 0. The highest BCUT2D eigenvalue weighted by Crippen LogP contribution is 2.01. The van der Waals surface area contributed by atoms with Crippen LogP contribution in [0.15, 0.2) is 21.9 Å². The molecule has 0 bridgehead atoms. The lowest BCUT2D eigenvalue weighted by Crippen LogP contribution is -1.96. The van der Waals surface area contributed by atoms with Crippen molar-refractivity contribution < 1.29 is 17.5 Å². The predicted octanol–water partition coefficient (Wildman–Crippen LogP) is -0.0787. The summed E-state index contributed by atoms with van der Waals surface area (Å²) in [6.45, 7) is 0. The Bertz CT molecular complexity index is 273. The molecule has 1 N–H and O–H groups in total. The van der Waals surface area contributed by atoms with Gasteiger partial charge in [0.1, 0.15) is 6.26 Å². The number of hydrogen-bond acceptors (Lipinski definition) is 4. The summed E-state index contributed by atoms with van der Waals surface area (Å²) in [4.78, 5) is 0. The quantitative estimate of drug-likeness (QED) is 0.565. The second kappa shape index (κ2) is 1.82. The van der Waals surface area contributed by atoms with E-state index in [1.807, 2.05) is 0 Å². The second-order valence-electron chi connectivity index (χ2n) is 1.31. The van der Waals surface area contributed by atoms with Crippen molar-refractivity contribution in [3.63, 3.8) is 0 Å². The fourth-order valence-electron chi connectivity index (χ4n) is 0.335. The first kappa shape index (κ1) is 6.24. The van der Waals surface area contributed by atoms with Gasteiger partial charge in [-0.05, 0) is 0 Å². The van der Waals surface area contributed by atoms with E-state index in [0.717, 1.165) is 12.3 Å². The Morgan fingerprint density at radius 3 is 2.56 bits per heavy atom. The molecule has 5 nitrogen and oxygen atoms in total. The summed E-state index contributed by atoms with van der Waals surface area (Å²) in [5.74, 6) is 0. The largest absolute Gasteiger partial charge is 0.363 e. The third-order valence-corrected chi connectivity index (χ3v) is 1.42. The van der Waals surface area contributed by atoms with Crippen molar-refractivity contribution in [2.45, 2.75) is 5.03 Å². The van der Waals surface area contributed by atoms with Crippen LogP contribution in [-0.4, -0.2) is 18.1 Å². The topological polar surface area (TPSA) is 80.4 Å². The summed E-state index contributed by atoms with van der Waals surface area (Å²) < 4.78 is 32.6. The van der Waals surface area contributed by atoms with Gasteiger partial charge in [0.25, 0.3) is 0 Å².